The van der Waals surface area contributed by atoms with Crippen molar-refractivity contribution < 1.29 is 19.4 Å². The predicted octanol–water partition coefficient (Wildman–Crippen LogP) is 3.09. The van der Waals surface area contributed by atoms with Gasteiger partial charge in [-0.3, -0.25) is 4.79 Å². The van der Waals surface area contributed by atoms with Gasteiger partial charge in [-0.2, -0.15) is 0 Å². The van der Waals surface area contributed by atoms with Gasteiger partial charge in [0, 0.05) is 0 Å². The van der Waals surface area contributed by atoms with Crippen molar-refractivity contribution in [2.45, 2.75) is 43.9 Å². The summed E-state index contributed by atoms with van der Waals surface area (Å²) in [6.07, 6.45) is 6.41. The fraction of sp³-hybridized carbons (Fsp3) is 0.562. The van der Waals surface area contributed by atoms with E-state index < -0.39 is 11.4 Å². The molecule has 1 aromatic carbocycles. The molecule has 1 aromatic rings. The van der Waals surface area contributed by atoms with Crippen molar-refractivity contribution in [3.8, 4) is 11.5 Å². The van der Waals surface area contributed by atoms with Crippen LogP contribution in [0.15, 0.2) is 18.2 Å². The number of carboxylic acids is 1. The summed E-state index contributed by atoms with van der Waals surface area (Å²) in [4.78, 5) is 11.9. The van der Waals surface area contributed by atoms with Crippen LogP contribution in [0.1, 0.15) is 44.1 Å². The Morgan fingerprint density at radius 2 is 1.80 bits per heavy atom. The van der Waals surface area contributed by atoms with Gasteiger partial charge in [0.25, 0.3) is 0 Å². The first-order chi connectivity index (χ1) is 9.64. The molecule has 1 N–H and O–H groups in total. The molecule has 0 amide bonds. The van der Waals surface area contributed by atoms with Gasteiger partial charge < -0.3 is 14.6 Å². The first-order valence-electron chi connectivity index (χ1n) is 7.27. The number of ether oxygens (including phenoxy) is 2. The molecule has 0 saturated heterocycles. The first-order valence-corrected chi connectivity index (χ1v) is 7.27. The van der Waals surface area contributed by atoms with Gasteiger partial charge in [-0.15, -0.1) is 0 Å². The largest absolute Gasteiger partial charge is 0.481 e. The van der Waals surface area contributed by atoms with Gasteiger partial charge in [0.1, 0.15) is 0 Å². The lowest BCUT2D eigenvalue weighted by Crippen LogP contribution is -2.53. The lowest BCUT2D eigenvalue weighted by Gasteiger charge is -2.52. The minimum Gasteiger partial charge on any atom is -0.481 e. The summed E-state index contributed by atoms with van der Waals surface area (Å²) in [5.74, 6) is 0.688. The van der Waals surface area contributed by atoms with Crippen molar-refractivity contribution in [3.05, 3.63) is 23.8 Å². The van der Waals surface area contributed by atoms with Gasteiger partial charge in [-0.05, 0) is 48.8 Å². The van der Waals surface area contributed by atoms with E-state index >= 15 is 0 Å². The molecule has 1 aliphatic heterocycles. The van der Waals surface area contributed by atoms with E-state index in [0.29, 0.717) is 11.5 Å². The Morgan fingerprint density at radius 1 is 1.10 bits per heavy atom. The molecule has 106 valence electrons. The number of hydrogen-bond acceptors (Lipinski definition) is 3. The highest BCUT2D eigenvalue weighted by molar-refractivity contribution is 5.83. The predicted molar refractivity (Wildman–Crippen MR) is 72.0 cm³/mol. The summed E-state index contributed by atoms with van der Waals surface area (Å²) in [5.41, 5.74) is 0.437. The Kier molecular flexibility index (Phi) is 2.35. The maximum Gasteiger partial charge on any atom is 0.314 e. The van der Waals surface area contributed by atoms with Crippen LogP contribution in [0, 0.1) is 5.41 Å². The molecule has 2 aliphatic carbocycles. The van der Waals surface area contributed by atoms with Crippen LogP contribution in [0.2, 0.25) is 0 Å². The average molecular weight is 274 g/mol. The molecular formula is C16H18O4. The maximum absolute atomic E-state index is 11.9. The zero-order valence-electron chi connectivity index (χ0n) is 11.4. The highest BCUT2D eigenvalue weighted by Gasteiger charge is 2.60. The third-order valence-corrected chi connectivity index (χ3v) is 5.35. The molecule has 0 radical (unpaired) electrons. The third-order valence-electron chi connectivity index (χ3n) is 5.35. The number of carbonyl (C=O) groups is 1. The van der Waals surface area contributed by atoms with Crippen LogP contribution in [0.4, 0.5) is 0 Å². The van der Waals surface area contributed by atoms with Gasteiger partial charge in [-0.1, -0.05) is 18.9 Å². The molecule has 4 rings (SSSR count). The van der Waals surface area contributed by atoms with Crippen molar-refractivity contribution >= 4 is 5.97 Å². The van der Waals surface area contributed by atoms with E-state index in [1.54, 1.807) is 0 Å². The average Bonchev–Trinajstić information content (AvgIpc) is 3.04. The van der Waals surface area contributed by atoms with Crippen molar-refractivity contribution in [2.75, 3.05) is 6.79 Å². The van der Waals surface area contributed by atoms with E-state index in [0.717, 1.165) is 18.4 Å². The number of hydrogen-bond donors (Lipinski definition) is 1. The number of carboxylic acid groups (broad SMARTS) is 1. The van der Waals surface area contributed by atoms with E-state index in [2.05, 4.69) is 0 Å². The lowest BCUT2D eigenvalue weighted by atomic mass is 9.49. The van der Waals surface area contributed by atoms with Crippen molar-refractivity contribution in [1.82, 2.24) is 0 Å². The van der Waals surface area contributed by atoms with Crippen LogP contribution in [0.3, 0.4) is 0 Å². The summed E-state index contributed by atoms with van der Waals surface area (Å²) in [7, 11) is 0. The summed E-state index contributed by atoms with van der Waals surface area (Å²) in [5, 5.41) is 9.76. The summed E-state index contributed by atoms with van der Waals surface area (Å²) in [6, 6.07) is 5.59. The normalized spacial score (nSPS) is 24.6. The van der Waals surface area contributed by atoms with E-state index in [1.165, 1.54) is 25.7 Å². The molecular weight excluding hydrogens is 256 g/mol. The van der Waals surface area contributed by atoms with Gasteiger partial charge in [-0.25, -0.2) is 0 Å². The summed E-state index contributed by atoms with van der Waals surface area (Å²) >= 11 is 0. The summed E-state index contributed by atoms with van der Waals surface area (Å²) in [6.45, 7) is 0.225. The second kappa shape index (κ2) is 3.90. The molecule has 2 fully saturated rings. The monoisotopic (exact) mass is 274 g/mol. The van der Waals surface area contributed by atoms with Crippen LogP contribution < -0.4 is 9.47 Å². The second-order valence-electron chi connectivity index (χ2n) is 6.52. The Bertz CT molecular complexity index is 564. The SMILES string of the molecule is O=C(O)C1(c2ccc3c(c2)OCO3)CC2(CCCC2)C1. The van der Waals surface area contributed by atoms with Gasteiger partial charge in [0.2, 0.25) is 6.79 Å². The minimum absolute atomic E-state index is 0.225. The van der Waals surface area contributed by atoms with Crippen LogP contribution in [-0.2, 0) is 10.2 Å². The molecule has 4 heteroatoms. The molecule has 3 aliphatic rings. The Balaban J connectivity index is 1.69. The molecule has 4 nitrogen and oxygen atoms in total. The summed E-state index contributed by atoms with van der Waals surface area (Å²) < 4.78 is 10.7. The third kappa shape index (κ3) is 1.51. The zero-order chi connectivity index (χ0) is 13.8. The number of aliphatic carboxylic acids is 1. The highest BCUT2D eigenvalue weighted by Crippen LogP contribution is 2.63. The van der Waals surface area contributed by atoms with Crippen LogP contribution in [0.25, 0.3) is 0 Å². The van der Waals surface area contributed by atoms with E-state index in [-0.39, 0.29) is 12.2 Å². The molecule has 1 spiro atoms. The standard InChI is InChI=1S/C16H18O4/c17-14(18)16(8-15(9-16)5-1-2-6-15)11-3-4-12-13(7-11)20-10-19-12/h3-4,7H,1-2,5-6,8-10H2,(H,17,18). The molecule has 2 saturated carbocycles. The number of benzene rings is 1. The van der Waals surface area contributed by atoms with Crippen LogP contribution in [0.5, 0.6) is 11.5 Å². The molecule has 0 atom stereocenters. The highest BCUT2D eigenvalue weighted by atomic mass is 16.7. The minimum atomic E-state index is -0.717. The Morgan fingerprint density at radius 3 is 2.50 bits per heavy atom. The number of rotatable bonds is 2. The molecule has 0 aromatic heterocycles. The van der Waals surface area contributed by atoms with Crippen LogP contribution in [-0.4, -0.2) is 17.9 Å². The smallest absolute Gasteiger partial charge is 0.314 e. The van der Waals surface area contributed by atoms with Gasteiger partial charge in [0.15, 0.2) is 11.5 Å². The van der Waals surface area contributed by atoms with Crippen LogP contribution >= 0.6 is 0 Å². The van der Waals surface area contributed by atoms with E-state index in [1.807, 2.05) is 18.2 Å². The zero-order valence-corrected chi connectivity index (χ0v) is 11.4. The quantitative estimate of drug-likeness (QED) is 0.900. The molecule has 20 heavy (non-hydrogen) atoms. The second-order valence-corrected chi connectivity index (χ2v) is 6.52. The van der Waals surface area contributed by atoms with Gasteiger partial charge in [0.05, 0.1) is 5.41 Å². The Hall–Kier alpha value is -1.71. The fourth-order valence-electron chi connectivity index (χ4n) is 4.38. The first kappa shape index (κ1) is 12.1. The molecule has 1 heterocycles. The number of fused-ring (bicyclic) bond motifs is 1. The van der Waals surface area contributed by atoms with Crippen molar-refractivity contribution in [1.29, 1.82) is 0 Å². The maximum atomic E-state index is 11.9. The Labute approximate surface area is 117 Å². The lowest BCUT2D eigenvalue weighted by molar-refractivity contribution is -0.154. The molecule has 0 bridgehead atoms. The van der Waals surface area contributed by atoms with Crippen molar-refractivity contribution in [2.24, 2.45) is 5.41 Å². The fourth-order valence-corrected chi connectivity index (χ4v) is 4.38. The van der Waals surface area contributed by atoms with E-state index in [4.69, 9.17) is 9.47 Å². The van der Waals surface area contributed by atoms with Crippen molar-refractivity contribution in [3.63, 3.8) is 0 Å². The molecule has 0 unspecified atom stereocenters. The van der Waals surface area contributed by atoms with E-state index in [9.17, 15) is 9.90 Å². The topological polar surface area (TPSA) is 55.8 Å². The van der Waals surface area contributed by atoms with Gasteiger partial charge >= 0.3 is 5.97 Å².